The maximum atomic E-state index is 5.98. The van der Waals surface area contributed by atoms with E-state index in [9.17, 15) is 0 Å². The third kappa shape index (κ3) is 4.10. The predicted octanol–water partition coefficient (Wildman–Crippen LogP) is 4.96. The van der Waals surface area contributed by atoms with E-state index in [0.29, 0.717) is 0 Å². The third-order valence-electron chi connectivity index (χ3n) is 6.31. The Balaban J connectivity index is 1.40. The van der Waals surface area contributed by atoms with Crippen molar-refractivity contribution in [2.24, 2.45) is 0 Å². The quantitative estimate of drug-likeness (QED) is 0.380. The van der Waals surface area contributed by atoms with Crippen molar-refractivity contribution in [3.8, 4) is 17.2 Å². The first kappa shape index (κ1) is 21.6. The standard InChI is InChI=1S/C26H28N4O2S/c1-31-21-13-11-20(12-14-21)30-23-8-4-3-7-22(23)29(26(30)33)19-27-15-17-28(18-16-27)24-9-5-6-10-25(24)32-2/h3-14H,15-19H2,1-2H3. The van der Waals surface area contributed by atoms with Gasteiger partial charge in [-0.1, -0.05) is 24.3 Å². The summed E-state index contributed by atoms with van der Waals surface area (Å²) in [7, 11) is 3.41. The number of para-hydroxylation sites is 4. The molecule has 0 amide bonds. The number of fused-ring (bicyclic) bond motifs is 1. The summed E-state index contributed by atoms with van der Waals surface area (Å²) in [6.45, 7) is 4.58. The van der Waals surface area contributed by atoms with Crippen LogP contribution in [0.4, 0.5) is 5.69 Å². The molecule has 1 aromatic heterocycles. The number of hydrogen-bond acceptors (Lipinski definition) is 5. The highest BCUT2D eigenvalue weighted by Crippen LogP contribution is 2.29. The van der Waals surface area contributed by atoms with E-state index in [-0.39, 0.29) is 0 Å². The Morgan fingerprint density at radius 2 is 1.42 bits per heavy atom. The van der Waals surface area contributed by atoms with Crippen LogP contribution in [-0.2, 0) is 6.67 Å². The molecule has 0 atom stereocenters. The number of ether oxygens (including phenoxy) is 2. The zero-order chi connectivity index (χ0) is 22.8. The summed E-state index contributed by atoms with van der Waals surface area (Å²) in [5.41, 5.74) is 4.45. The highest BCUT2D eigenvalue weighted by atomic mass is 32.1. The van der Waals surface area contributed by atoms with Crippen molar-refractivity contribution in [1.82, 2.24) is 14.0 Å². The van der Waals surface area contributed by atoms with Crippen LogP contribution in [0.25, 0.3) is 16.7 Å². The second-order valence-electron chi connectivity index (χ2n) is 8.15. The molecule has 1 fully saturated rings. The largest absolute Gasteiger partial charge is 0.497 e. The summed E-state index contributed by atoms with van der Waals surface area (Å²) in [5, 5.41) is 0. The molecule has 0 unspecified atom stereocenters. The molecule has 0 bridgehead atoms. The predicted molar refractivity (Wildman–Crippen MR) is 135 cm³/mol. The van der Waals surface area contributed by atoms with E-state index in [1.807, 2.05) is 24.3 Å². The molecule has 0 N–H and O–H groups in total. The van der Waals surface area contributed by atoms with E-state index < -0.39 is 0 Å². The highest BCUT2D eigenvalue weighted by Gasteiger charge is 2.21. The maximum absolute atomic E-state index is 5.98. The number of nitrogens with zero attached hydrogens (tertiary/aromatic N) is 4. The lowest BCUT2D eigenvalue weighted by Crippen LogP contribution is -2.46. The van der Waals surface area contributed by atoms with Gasteiger partial charge in [0, 0.05) is 31.9 Å². The van der Waals surface area contributed by atoms with E-state index in [1.165, 1.54) is 0 Å². The first-order valence-electron chi connectivity index (χ1n) is 11.1. The van der Waals surface area contributed by atoms with Gasteiger partial charge in [0.05, 0.1) is 37.6 Å². The van der Waals surface area contributed by atoms with E-state index in [0.717, 1.165) is 71.5 Å². The Kier molecular flexibility index (Phi) is 6.07. The van der Waals surface area contributed by atoms with Gasteiger partial charge in [0.1, 0.15) is 11.5 Å². The number of rotatable bonds is 6. The van der Waals surface area contributed by atoms with Crippen LogP contribution in [-0.4, -0.2) is 54.4 Å². The molecule has 1 aliphatic rings. The van der Waals surface area contributed by atoms with Crippen molar-refractivity contribution in [3.05, 3.63) is 77.6 Å². The van der Waals surface area contributed by atoms with Crippen LogP contribution in [0.15, 0.2) is 72.8 Å². The number of methoxy groups -OCH3 is 2. The lowest BCUT2D eigenvalue weighted by molar-refractivity contribution is 0.207. The van der Waals surface area contributed by atoms with Crippen molar-refractivity contribution in [3.63, 3.8) is 0 Å². The van der Waals surface area contributed by atoms with E-state index in [1.54, 1.807) is 14.2 Å². The van der Waals surface area contributed by atoms with E-state index >= 15 is 0 Å². The molecule has 1 saturated heterocycles. The zero-order valence-electron chi connectivity index (χ0n) is 19.0. The number of aromatic nitrogens is 2. The lowest BCUT2D eigenvalue weighted by atomic mass is 10.2. The molecule has 6 nitrogen and oxygen atoms in total. The summed E-state index contributed by atoms with van der Waals surface area (Å²) in [5.74, 6) is 1.76. The summed E-state index contributed by atoms with van der Waals surface area (Å²) >= 11 is 5.98. The molecule has 33 heavy (non-hydrogen) atoms. The minimum atomic E-state index is 0.766. The Bertz CT molecular complexity index is 1300. The van der Waals surface area contributed by atoms with Gasteiger partial charge in [0.2, 0.25) is 0 Å². The topological polar surface area (TPSA) is 34.8 Å². The van der Waals surface area contributed by atoms with Crippen molar-refractivity contribution in [1.29, 1.82) is 0 Å². The second kappa shape index (κ2) is 9.29. The van der Waals surface area contributed by atoms with Crippen LogP contribution in [0.2, 0.25) is 0 Å². The molecule has 3 aromatic carbocycles. The smallest absolute Gasteiger partial charge is 0.186 e. The third-order valence-corrected chi connectivity index (χ3v) is 6.71. The molecule has 170 valence electrons. The number of hydrogen-bond donors (Lipinski definition) is 0. The SMILES string of the molecule is COc1ccc(-n2c(=S)n(CN3CCN(c4ccccc4OC)CC3)c3ccccc32)cc1. The van der Waals surface area contributed by atoms with E-state index in [4.69, 9.17) is 21.7 Å². The molecule has 0 saturated carbocycles. The molecule has 4 aromatic rings. The van der Waals surface area contributed by atoms with Crippen molar-refractivity contribution in [2.75, 3.05) is 45.3 Å². The molecular weight excluding hydrogens is 432 g/mol. The average molecular weight is 461 g/mol. The number of benzene rings is 3. The Labute approximate surface area is 199 Å². The molecule has 0 aliphatic carbocycles. The minimum absolute atomic E-state index is 0.766. The van der Waals surface area contributed by atoms with Crippen LogP contribution < -0.4 is 14.4 Å². The maximum Gasteiger partial charge on any atom is 0.186 e. The zero-order valence-corrected chi connectivity index (χ0v) is 19.8. The van der Waals surface area contributed by atoms with Gasteiger partial charge < -0.3 is 18.9 Å². The highest BCUT2D eigenvalue weighted by molar-refractivity contribution is 7.71. The minimum Gasteiger partial charge on any atom is -0.497 e. The van der Waals surface area contributed by atoms with Gasteiger partial charge in [-0.25, -0.2) is 0 Å². The van der Waals surface area contributed by atoms with Crippen molar-refractivity contribution in [2.45, 2.75) is 6.67 Å². The van der Waals surface area contributed by atoms with Crippen molar-refractivity contribution >= 4 is 28.9 Å². The fraction of sp³-hybridized carbons (Fsp3) is 0.269. The average Bonchev–Trinajstić information content (AvgIpc) is 3.15. The summed E-state index contributed by atoms with van der Waals surface area (Å²) < 4.78 is 16.1. The normalized spacial score (nSPS) is 14.5. The van der Waals surface area contributed by atoms with Gasteiger partial charge >= 0.3 is 0 Å². The Hall–Kier alpha value is -3.29. The molecule has 1 aliphatic heterocycles. The molecule has 0 spiro atoms. The Morgan fingerprint density at radius 1 is 0.758 bits per heavy atom. The van der Waals surface area contributed by atoms with E-state index in [2.05, 4.69) is 67.5 Å². The van der Waals surface area contributed by atoms with Crippen LogP contribution in [0.1, 0.15) is 0 Å². The summed E-state index contributed by atoms with van der Waals surface area (Å²) in [4.78, 5) is 4.86. The van der Waals surface area contributed by atoms with Gasteiger partial charge in [0.15, 0.2) is 4.77 Å². The van der Waals surface area contributed by atoms with Gasteiger partial charge in [-0.2, -0.15) is 0 Å². The molecule has 2 heterocycles. The first-order valence-corrected chi connectivity index (χ1v) is 11.6. The van der Waals surface area contributed by atoms with Crippen LogP contribution >= 0.6 is 12.2 Å². The molecule has 5 rings (SSSR count). The van der Waals surface area contributed by atoms with Gasteiger partial charge in [0.25, 0.3) is 0 Å². The molecular formula is C26H28N4O2S. The number of imidazole rings is 1. The summed E-state index contributed by atoms with van der Waals surface area (Å²) in [6.07, 6.45) is 0. The first-order chi connectivity index (χ1) is 16.2. The van der Waals surface area contributed by atoms with Gasteiger partial charge in [-0.15, -0.1) is 0 Å². The fourth-order valence-corrected chi connectivity index (χ4v) is 4.91. The van der Waals surface area contributed by atoms with Crippen LogP contribution in [0, 0.1) is 4.77 Å². The number of anilines is 1. The summed E-state index contributed by atoms with van der Waals surface area (Å²) in [6, 6.07) is 24.7. The fourth-order valence-electron chi connectivity index (χ4n) is 4.55. The van der Waals surface area contributed by atoms with Gasteiger partial charge in [-0.3, -0.25) is 9.47 Å². The van der Waals surface area contributed by atoms with Crippen molar-refractivity contribution < 1.29 is 9.47 Å². The van der Waals surface area contributed by atoms with Gasteiger partial charge in [-0.05, 0) is 60.7 Å². The molecule has 7 heteroatoms. The van der Waals surface area contributed by atoms with Crippen LogP contribution in [0.5, 0.6) is 11.5 Å². The molecule has 0 radical (unpaired) electrons. The monoisotopic (exact) mass is 460 g/mol. The van der Waals surface area contributed by atoms with Crippen LogP contribution in [0.3, 0.4) is 0 Å². The Morgan fingerprint density at radius 3 is 2.12 bits per heavy atom. The second-order valence-corrected chi connectivity index (χ2v) is 8.52. The number of piperazine rings is 1. The lowest BCUT2D eigenvalue weighted by Gasteiger charge is -2.36.